The molecule has 3 rings (SSSR count). The number of aryl methyl sites for hydroxylation is 1. The van der Waals surface area contributed by atoms with Gasteiger partial charge in [0.1, 0.15) is 0 Å². The van der Waals surface area contributed by atoms with E-state index in [0.29, 0.717) is 0 Å². The number of nitrogens with one attached hydrogen (secondary N) is 1. The highest BCUT2D eigenvalue weighted by molar-refractivity contribution is 7.20. The molecule has 0 aromatic carbocycles. The standard InChI is InChI=1S/C16H25N3O.C5H10O.C3H7P/c20-15-13-17-12-14(18-15)4-1-9-19-10-3-7-16(8-11-19)5-2-6-16;1-4-5(2)6-3;1-2-3-4/h12-13H,1-11H2,(H,18,20);4H,1-3H3;2-3H,4H2,1H3/b;5-4+;3-2+. The van der Waals surface area contributed by atoms with E-state index in [9.17, 15) is 4.79 Å². The molecule has 1 aliphatic carbocycles. The average Bonchev–Trinajstić information content (AvgIpc) is 2.97. The molecule has 170 valence electrons. The van der Waals surface area contributed by atoms with Crippen LogP contribution in [0, 0.1) is 5.41 Å². The number of ether oxygens (including phenoxy) is 1. The number of likely N-dealkylation sites (tertiary alicyclic amines) is 1. The van der Waals surface area contributed by atoms with Crippen LogP contribution in [0.15, 0.2) is 40.9 Å². The van der Waals surface area contributed by atoms with Crippen LogP contribution in [-0.4, -0.2) is 41.6 Å². The summed E-state index contributed by atoms with van der Waals surface area (Å²) in [6.07, 6.45) is 17.6. The molecule has 2 heterocycles. The van der Waals surface area contributed by atoms with Gasteiger partial charge >= 0.3 is 0 Å². The van der Waals surface area contributed by atoms with Gasteiger partial charge in [-0.05, 0) is 90.8 Å². The number of aromatic nitrogens is 2. The number of H-pyrrole nitrogens is 1. The van der Waals surface area contributed by atoms with E-state index in [1.54, 1.807) is 13.3 Å². The Labute approximate surface area is 185 Å². The minimum Gasteiger partial charge on any atom is -0.502 e. The van der Waals surface area contributed by atoms with Crippen LogP contribution < -0.4 is 5.56 Å². The van der Waals surface area contributed by atoms with Gasteiger partial charge in [0.2, 0.25) is 0 Å². The fourth-order valence-electron chi connectivity index (χ4n) is 3.87. The van der Waals surface area contributed by atoms with E-state index in [4.69, 9.17) is 4.74 Å². The Hall–Kier alpha value is -1.45. The molecule has 6 heteroatoms. The molecule has 2 fully saturated rings. The van der Waals surface area contributed by atoms with Gasteiger partial charge in [0, 0.05) is 11.9 Å². The third kappa shape index (κ3) is 10.5. The molecule has 1 unspecified atom stereocenters. The first-order valence-corrected chi connectivity index (χ1v) is 11.9. The van der Waals surface area contributed by atoms with E-state index in [-0.39, 0.29) is 5.56 Å². The fourth-order valence-corrected chi connectivity index (χ4v) is 3.87. The Bertz CT molecular complexity index is 692. The normalized spacial score (nSPS) is 18.5. The number of allylic oxidation sites excluding steroid dienone is 3. The molecule has 30 heavy (non-hydrogen) atoms. The molecule has 0 radical (unpaired) electrons. The minimum atomic E-state index is -0.0933. The Morgan fingerprint density at radius 1 is 1.23 bits per heavy atom. The third-order valence-electron chi connectivity index (χ3n) is 6.10. The maximum Gasteiger partial charge on any atom is 0.266 e. The Morgan fingerprint density at radius 3 is 2.43 bits per heavy atom. The largest absolute Gasteiger partial charge is 0.502 e. The Morgan fingerprint density at radius 2 is 1.93 bits per heavy atom. The van der Waals surface area contributed by atoms with Crippen LogP contribution in [0.25, 0.3) is 0 Å². The first-order chi connectivity index (χ1) is 14.5. The van der Waals surface area contributed by atoms with Crippen molar-refractivity contribution in [3.63, 3.8) is 0 Å². The van der Waals surface area contributed by atoms with Crippen molar-refractivity contribution in [2.24, 2.45) is 5.41 Å². The van der Waals surface area contributed by atoms with Gasteiger partial charge in [-0.1, -0.05) is 24.4 Å². The molecule has 2 aliphatic rings. The molecular weight excluding hydrogens is 393 g/mol. The van der Waals surface area contributed by atoms with Crippen molar-refractivity contribution < 1.29 is 4.74 Å². The van der Waals surface area contributed by atoms with Crippen LogP contribution >= 0.6 is 9.24 Å². The van der Waals surface area contributed by atoms with Crippen molar-refractivity contribution in [3.05, 3.63) is 52.2 Å². The van der Waals surface area contributed by atoms with E-state index < -0.39 is 0 Å². The molecule has 1 aromatic rings. The molecule has 0 bridgehead atoms. The van der Waals surface area contributed by atoms with Crippen molar-refractivity contribution in [1.29, 1.82) is 0 Å². The zero-order chi connectivity index (χ0) is 22.2. The number of methoxy groups -OCH3 is 1. The quantitative estimate of drug-likeness (QED) is 0.503. The molecular formula is C24H42N3O2P. The molecule has 1 aromatic heterocycles. The van der Waals surface area contributed by atoms with E-state index in [0.717, 1.165) is 36.3 Å². The summed E-state index contributed by atoms with van der Waals surface area (Å²) in [6.45, 7) is 9.51. The second-order valence-corrected chi connectivity index (χ2v) is 8.59. The highest BCUT2D eigenvalue weighted by atomic mass is 31.0. The second-order valence-electron chi connectivity index (χ2n) is 8.20. The van der Waals surface area contributed by atoms with Gasteiger partial charge in [0.25, 0.3) is 5.56 Å². The molecule has 1 aliphatic heterocycles. The van der Waals surface area contributed by atoms with Gasteiger partial charge in [-0.15, -0.1) is 9.24 Å². The summed E-state index contributed by atoms with van der Waals surface area (Å²) < 4.78 is 4.76. The SMILES string of the molecule is C/C=C(\C)OC.C/C=C/P.O=c1cncc(CCCN2CCCC3(CCC3)CC2)[nH]1. The lowest BCUT2D eigenvalue weighted by atomic mass is 9.64. The summed E-state index contributed by atoms with van der Waals surface area (Å²) in [5.74, 6) is 2.88. The highest BCUT2D eigenvalue weighted by Gasteiger charge is 2.37. The molecule has 1 spiro atoms. The van der Waals surface area contributed by atoms with Crippen molar-refractivity contribution in [3.8, 4) is 0 Å². The zero-order valence-corrected chi connectivity index (χ0v) is 20.6. The predicted octanol–water partition coefficient (Wildman–Crippen LogP) is 5.31. The lowest BCUT2D eigenvalue weighted by Crippen LogP contribution is -2.31. The molecule has 0 amide bonds. The first-order valence-electron chi connectivity index (χ1n) is 11.2. The number of nitrogens with zero attached hydrogens (tertiary/aromatic N) is 2. The van der Waals surface area contributed by atoms with Gasteiger partial charge in [-0.25, -0.2) is 0 Å². The van der Waals surface area contributed by atoms with E-state index in [1.165, 1.54) is 57.8 Å². The molecule has 1 saturated carbocycles. The van der Waals surface area contributed by atoms with Gasteiger partial charge in [-0.2, -0.15) is 0 Å². The second kappa shape index (κ2) is 15.4. The zero-order valence-electron chi connectivity index (χ0n) is 19.5. The molecule has 1 atom stereocenters. The lowest BCUT2D eigenvalue weighted by Gasteiger charge is -2.41. The summed E-state index contributed by atoms with van der Waals surface area (Å²) in [5, 5.41) is 0. The van der Waals surface area contributed by atoms with Crippen LogP contribution in [0.4, 0.5) is 0 Å². The highest BCUT2D eigenvalue weighted by Crippen LogP contribution is 2.48. The molecule has 1 N–H and O–H groups in total. The van der Waals surface area contributed by atoms with Crippen molar-refractivity contribution >= 4 is 9.24 Å². The van der Waals surface area contributed by atoms with E-state index in [1.807, 2.05) is 38.7 Å². The fraction of sp³-hybridized carbons (Fsp3) is 0.667. The summed E-state index contributed by atoms with van der Waals surface area (Å²) in [6, 6.07) is 0. The maximum atomic E-state index is 11.2. The maximum absolute atomic E-state index is 11.2. The third-order valence-corrected chi connectivity index (χ3v) is 6.49. The average molecular weight is 436 g/mol. The summed E-state index contributed by atoms with van der Waals surface area (Å²) in [5.41, 5.74) is 1.59. The van der Waals surface area contributed by atoms with Gasteiger partial charge in [0.05, 0.1) is 19.1 Å². The van der Waals surface area contributed by atoms with Crippen LogP contribution in [0.3, 0.4) is 0 Å². The number of aromatic amines is 1. The Balaban J connectivity index is 0.000000379. The summed E-state index contributed by atoms with van der Waals surface area (Å²) in [4.78, 5) is 20.6. The van der Waals surface area contributed by atoms with E-state index in [2.05, 4.69) is 24.1 Å². The molecule has 1 saturated heterocycles. The van der Waals surface area contributed by atoms with Crippen LogP contribution in [0.2, 0.25) is 0 Å². The number of rotatable bonds is 5. The van der Waals surface area contributed by atoms with Gasteiger partial charge in [-0.3, -0.25) is 9.78 Å². The van der Waals surface area contributed by atoms with Crippen LogP contribution in [0.1, 0.15) is 71.4 Å². The number of hydrogen-bond donors (Lipinski definition) is 1. The van der Waals surface area contributed by atoms with Crippen LogP contribution in [-0.2, 0) is 11.2 Å². The molecule has 5 nitrogen and oxygen atoms in total. The van der Waals surface area contributed by atoms with E-state index >= 15 is 0 Å². The smallest absolute Gasteiger partial charge is 0.266 e. The monoisotopic (exact) mass is 435 g/mol. The topological polar surface area (TPSA) is 58.2 Å². The lowest BCUT2D eigenvalue weighted by molar-refractivity contribution is 0.109. The summed E-state index contributed by atoms with van der Waals surface area (Å²) in [7, 11) is 4.14. The van der Waals surface area contributed by atoms with Gasteiger partial charge < -0.3 is 14.6 Å². The minimum absolute atomic E-state index is 0.0933. The summed E-state index contributed by atoms with van der Waals surface area (Å²) >= 11 is 0. The van der Waals surface area contributed by atoms with Gasteiger partial charge in [0.15, 0.2) is 0 Å². The Kier molecular flexibility index (Phi) is 13.6. The first kappa shape index (κ1) is 26.6. The van der Waals surface area contributed by atoms with Crippen molar-refractivity contribution in [2.75, 3.05) is 26.7 Å². The van der Waals surface area contributed by atoms with Crippen molar-refractivity contribution in [2.45, 2.75) is 72.1 Å². The number of hydrogen-bond acceptors (Lipinski definition) is 4. The predicted molar refractivity (Wildman–Crippen MR) is 131 cm³/mol. The van der Waals surface area contributed by atoms with Crippen molar-refractivity contribution in [1.82, 2.24) is 14.9 Å². The van der Waals surface area contributed by atoms with Crippen LogP contribution in [0.5, 0.6) is 0 Å².